The monoisotopic (exact) mass is 226 g/mol. The molecular formula is C11H18N2O3. The first kappa shape index (κ1) is 11.4. The molecule has 1 heterocycles. The fourth-order valence-electron chi connectivity index (χ4n) is 2.35. The van der Waals surface area contributed by atoms with Crippen molar-refractivity contribution >= 4 is 11.9 Å². The zero-order chi connectivity index (χ0) is 11.7. The summed E-state index contributed by atoms with van der Waals surface area (Å²) < 4.78 is 0. The van der Waals surface area contributed by atoms with Gasteiger partial charge in [-0.2, -0.15) is 0 Å². The number of rotatable bonds is 2. The molecule has 5 nitrogen and oxygen atoms in total. The average Bonchev–Trinajstić information content (AvgIpc) is 2.15. The Bertz CT molecular complexity index is 298. The van der Waals surface area contributed by atoms with Crippen LogP contribution in [0.4, 0.5) is 0 Å². The van der Waals surface area contributed by atoms with Gasteiger partial charge >= 0.3 is 5.97 Å². The van der Waals surface area contributed by atoms with E-state index in [9.17, 15) is 9.59 Å². The second-order valence-corrected chi connectivity index (χ2v) is 4.76. The van der Waals surface area contributed by atoms with E-state index in [4.69, 9.17) is 5.11 Å². The van der Waals surface area contributed by atoms with Crippen molar-refractivity contribution in [3.8, 4) is 0 Å². The molecule has 90 valence electrons. The predicted octanol–water partition coefficient (Wildman–Crippen LogP) is -0.129. The molecule has 0 radical (unpaired) electrons. The van der Waals surface area contributed by atoms with Crippen LogP contribution in [-0.4, -0.2) is 60.0 Å². The fraction of sp³-hybridized carbons (Fsp3) is 0.818. The number of amides is 1. The molecule has 1 saturated heterocycles. The number of carboxylic acids is 1. The van der Waals surface area contributed by atoms with E-state index < -0.39 is 11.9 Å². The van der Waals surface area contributed by atoms with Crippen molar-refractivity contribution in [3.05, 3.63) is 0 Å². The van der Waals surface area contributed by atoms with Gasteiger partial charge in [-0.15, -0.1) is 0 Å². The lowest BCUT2D eigenvalue weighted by atomic mass is 9.73. The number of carbonyl (C=O) groups excluding carboxylic acids is 1. The van der Waals surface area contributed by atoms with Gasteiger partial charge in [-0.1, -0.05) is 0 Å². The molecule has 1 saturated carbocycles. The maximum absolute atomic E-state index is 12.0. The van der Waals surface area contributed by atoms with Crippen LogP contribution in [0.2, 0.25) is 0 Å². The summed E-state index contributed by atoms with van der Waals surface area (Å²) in [6.45, 7) is 3.24. The summed E-state index contributed by atoms with van der Waals surface area (Å²) in [5, 5.41) is 8.91. The summed E-state index contributed by atoms with van der Waals surface area (Å²) in [6, 6.07) is 0. The molecule has 2 fully saturated rings. The van der Waals surface area contributed by atoms with Gasteiger partial charge in [0.2, 0.25) is 5.91 Å². The molecule has 0 unspecified atom stereocenters. The molecular weight excluding hydrogens is 208 g/mol. The summed E-state index contributed by atoms with van der Waals surface area (Å²) in [5.74, 6) is -1.47. The highest BCUT2D eigenvalue weighted by molar-refractivity contribution is 5.86. The highest BCUT2D eigenvalue weighted by atomic mass is 16.4. The molecule has 0 aromatic rings. The molecule has 2 rings (SSSR count). The Balaban J connectivity index is 1.90. The first-order valence-corrected chi connectivity index (χ1v) is 5.79. The summed E-state index contributed by atoms with van der Waals surface area (Å²) in [7, 11) is 2.03. The molecule has 2 atom stereocenters. The van der Waals surface area contributed by atoms with Crippen molar-refractivity contribution in [2.75, 3.05) is 33.2 Å². The van der Waals surface area contributed by atoms with Gasteiger partial charge in [0, 0.05) is 26.2 Å². The van der Waals surface area contributed by atoms with Crippen LogP contribution in [-0.2, 0) is 9.59 Å². The van der Waals surface area contributed by atoms with E-state index in [1.165, 1.54) is 0 Å². The quantitative estimate of drug-likeness (QED) is 0.712. The topological polar surface area (TPSA) is 60.9 Å². The van der Waals surface area contributed by atoms with Gasteiger partial charge in [0.05, 0.1) is 11.8 Å². The van der Waals surface area contributed by atoms with Crippen molar-refractivity contribution in [2.24, 2.45) is 11.8 Å². The van der Waals surface area contributed by atoms with Crippen molar-refractivity contribution in [1.29, 1.82) is 0 Å². The Morgan fingerprint density at radius 2 is 1.62 bits per heavy atom. The summed E-state index contributed by atoms with van der Waals surface area (Å²) in [5.41, 5.74) is 0. The minimum absolute atomic E-state index is 0.0479. The Morgan fingerprint density at radius 3 is 2.06 bits per heavy atom. The molecule has 1 aliphatic carbocycles. The molecule has 0 spiro atoms. The summed E-state index contributed by atoms with van der Waals surface area (Å²) in [4.78, 5) is 26.9. The van der Waals surface area contributed by atoms with Crippen LogP contribution in [0.15, 0.2) is 0 Å². The zero-order valence-corrected chi connectivity index (χ0v) is 9.56. The van der Waals surface area contributed by atoms with Crippen LogP contribution >= 0.6 is 0 Å². The third kappa shape index (κ3) is 2.04. The number of aliphatic carboxylic acids is 1. The molecule has 1 N–H and O–H groups in total. The number of piperazine rings is 1. The molecule has 0 bridgehead atoms. The number of carboxylic acid groups (broad SMARTS) is 1. The molecule has 16 heavy (non-hydrogen) atoms. The number of nitrogens with zero attached hydrogens (tertiary/aromatic N) is 2. The lowest BCUT2D eigenvalue weighted by Gasteiger charge is -2.39. The van der Waals surface area contributed by atoms with Gasteiger partial charge in [-0.25, -0.2) is 0 Å². The van der Waals surface area contributed by atoms with Gasteiger partial charge < -0.3 is 14.9 Å². The highest BCUT2D eigenvalue weighted by Crippen LogP contribution is 2.35. The van der Waals surface area contributed by atoms with Crippen LogP contribution in [0, 0.1) is 11.8 Å². The van der Waals surface area contributed by atoms with Crippen molar-refractivity contribution in [2.45, 2.75) is 12.8 Å². The first-order valence-electron chi connectivity index (χ1n) is 5.79. The minimum Gasteiger partial charge on any atom is -0.481 e. The molecule has 2 aliphatic rings. The van der Waals surface area contributed by atoms with E-state index in [0.29, 0.717) is 6.42 Å². The van der Waals surface area contributed by atoms with Gasteiger partial charge in [-0.05, 0) is 19.9 Å². The maximum Gasteiger partial charge on any atom is 0.307 e. The van der Waals surface area contributed by atoms with Crippen molar-refractivity contribution in [1.82, 2.24) is 9.80 Å². The van der Waals surface area contributed by atoms with Crippen molar-refractivity contribution < 1.29 is 14.7 Å². The molecule has 0 aromatic carbocycles. The zero-order valence-electron chi connectivity index (χ0n) is 9.56. The first-order chi connectivity index (χ1) is 7.59. The van der Waals surface area contributed by atoms with E-state index in [1.807, 2.05) is 11.9 Å². The largest absolute Gasteiger partial charge is 0.481 e. The number of hydrogen-bond acceptors (Lipinski definition) is 3. The van der Waals surface area contributed by atoms with Crippen LogP contribution in [0.3, 0.4) is 0 Å². The molecule has 0 aromatic heterocycles. The summed E-state index contributed by atoms with van der Waals surface area (Å²) in [6.07, 6.45) is 1.39. The van der Waals surface area contributed by atoms with Gasteiger partial charge in [0.15, 0.2) is 0 Å². The molecule has 5 heteroatoms. The number of likely N-dealkylation sites (N-methyl/N-ethyl adjacent to an activating group) is 1. The van der Waals surface area contributed by atoms with Gasteiger partial charge in [-0.3, -0.25) is 9.59 Å². The fourth-order valence-corrected chi connectivity index (χ4v) is 2.35. The second kappa shape index (κ2) is 4.41. The second-order valence-electron chi connectivity index (χ2n) is 4.76. The van der Waals surface area contributed by atoms with Crippen molar-refractivity contribution in [3.63, 3.8) is 0 Å². The third-order valence-corrected chi connectivity index (χ3v) is 3.72. The Labute approximate surface area is 95.0 Å². The van der Waals surface area contributed by atoms with Gasteiger partial charge in [0.25, 0.3) is 0 Å². The van der Waals surface area contributed by atoms with Crippen LogP contribution in [0.25, 0.3) is 0 Å². The van der Waals surface area contributed by atoms with E-state index in [-0.39, 0.29) is 11.8 Å². The standard InChI is InChI=1S/C11H18N2O3/c1-12-4-6-13(7-5-12)10(14)8-2-3-9(8)11(15)16/h8-9H,2-7H2,1H3,(H,15,16)/t8-,9-/m1/s1. The minimum atomic E-state index is -0.821. The highest BCUT2D eigenvalue weighted by Gasteiger charge is 2.43. The summed E-state index contributed by atoms with van der Waals surface area (Å²) >= 11 is 0. The van der Waals surface area contributed by atoms with Gasteiger partial charge in [0.1, 0.15) is 0 Å². The SMILES string of the molecule is CN1CCN(C(=O)[C@@H]2CC[C@H]2C(=O)O)CC1. The Morgan fingerprint density at radius 1 is 1.06 bits per heavy atom. The molecule has 1 aliphatic heterocycles. The normalized spacial score (nSPS) is 30.9. The predicted molar refractivity (Wildman–Crippen MR) is 57.9 cm³/mol. The van der Waals surface area contributed by atoms with Crippen LogP contribution in [0.1, 0.15) is 12.8 Å². The number of carbonyl (C=O) groups is 2. The van der Waals surface area contributed by atoms with E-state index >= 15 is 0 Å². The van der Waals surface area contributed by atoms with Crippen LogP contribution in [0.5, 0.6) is 0 Å². The van der Waals surface area contributed by atoms with E-state index in [1.54, 1.807) is 0 Å². The van der Waals surface area contributed by atoms with E-state index in [0.717, 1.165) is 32.6 Å². The van der Waals surface area contributed by atoms with E-state index in [2.05, 4.69) is 4.90 Å². The smallest absolute Gasteiger partial charge is 0.307 e. The number of hydrogen-bond donors (Lipinski definition) is 1. The average molecular weight is 226 g/mol. The lowest BCUT2D eigenvalue weighted by molar-refractivity contribution is -0.157. The Kier molecular flexibility index (Phi) is 3.14. The maximum atomic E-state index is 12.0. The Hall–Kier alpha value is -1.10. The third-order valence-electron chi connectivity index (χ3n) is 3.72. The van der Waals surface area contributed by atoms with Crippen LogP contribution < -0.4 is 0 Å². The lowest BCUT2D eigenvalue weighted by Crippen LogP contribution is -2.52. The molecule has 1 amide bonds.